The average molecular weight is 322 g/mol. The van der Waals surface area contributed by atoms with Crippen molar-refractivity contribution in [2.75, 3.05) is 0 Å². The Morgan fingerprint density at radius 2 is 1.65 bits per heavy atom. The van der Waals surface area contributed by atoms with Gasteiger partial charge in [0.2, 0.25) is 0 Å². The smallest absolute Gasteiger partial charge is 0.334 e. The summed E-state index contributed by atoms with van der Waals surface area (Å²) in [6, 6.07) is 13.6. The molecule has 2 aromatic carbocycles. The van der Waals surface area contributed by atoms with E-state index >= 15 is 0 Å². The number of carbonyl (C=O) groups is 1. The summed E-state index contributed by atoms with van der Waals surface area (Å²) >= 11 is 0. The maximum absolute atomic E-state index is 12.5. The highest BCUT2D eigenvalue weighted by Crippen LogP contribution is 2.29. The molecule has 2 rings (SSSR count). The second-order valence-electron chi connectivity index (χ2n) is 5.15. The molecule has 3 nitrogen and oxygen atoms in total. The molecule has 0 bridgehead atoms. The Hall–Kier alpha value is -2.50. The van der Waals surface area contributed by atoms with Crippen LogP contribution in [0.2, 0.25) is 0 Å². The second kappa shape index (κ2) is 7.17. The fraction of sp³-hybridized carbons (Fsp3) is 0.235. The van der Waals surface area contributed by atoms with Crippen molar-refractivity contribution in [2.45, 2.75) is 25.7 Å². The van der Waals surface area contributed by atoms with Gasteiger partial charge in [0.25, 0.3) is 0 Å². The largest absolute Gasteiger partial charge is 0.416 e. The summed E-state index contributed by atoms with van der Waals surface area (Å²) in [4.78, 5) is 11.8. The number of alkyl halides is 3. The molecule has 2 N–H and O–H groups in total. The van der Waals surface area contributed by atoms with E-state index in [2.05, 4.69) is 10.6 Å². The summed E-state index contributed by atoms with van der Waals surface area (Å²) in [6.07, 6.45) is -4.35. The Kier molecular flexibility index (Phi) is 5.26. The van der Waals surface area contributed by atoms with Crippen LogP contribution in [-0.4, -0.2) is 6.03 Å². The van der Waals surface area contributed by atoms with Gasteiger partial charge in [0.05, 0.1) is 11.6 Å². The number of carbonyl (C=O) groups excluding carboxylic acids is 1. The minimum atomic E-state index is -4.35. The van der Waals surface area contributed by atoms with Crippen LogP contribution >= 0.6 is 0 Å². The van der Waals surface area contributed by atoms with Crippen LogP contribution in [-0.2, 0) is 12.7 Å². The minimum absolute atomic E-state index is 0.158. The normalized spacial score (nSPS) is 12.5. The summed E-state index contributed by atoms with van der Waals surface area (Å²) in [5.41, 5.74) is 0.862. The quantitative estimate of drug-likeness (QED) is 0.867. The van der Waals surface area contributed by atoms with Crippen molar-refractivity contribution in [1.82, 2.24) is 10.6 Å². The van der Waals surface area contributed by atoms with Crippen molar-refractivity contribution in [3.63, 3.8) is 0 Å². The van der Waals surface area contributed by atoms with Crippen LogP contribution < -0.4 is 10.6 Å². The standard InChI is InChI=1S/C17H17F3N2O/c1-12(14-5-3-2-4-6-14)22-16(23)21-11-13-7-9-15(10-8-13)17(18,19)20/h2-10,12H,11H2,1H3,(H2,21,22,23). The van der Waals surface area contributed by atoms with Crippen LogP contribution in [0.25, 0.3) is 0 Å². The summed E-state index contributed by atoms with van der Waals surface area (Å²) < 4.78 is 37.4. The molecule has 0 aliphatic carbocycles. The maximum Gasteiger partial charge on any atom is 0.416 e. The fourth-order valence-electron chi connectivity index (χ4n) is 2.07. The van der Waals surface area contributed by atoms with Crippen molar-refractivity contribution in [3.8, 4) is 0 Å². The van der Waals surface area contributed by atoms with E-state index < -0.39 is 11.7 Å². The lowest BCUT2D eigenvalue weighted by molar-refractivity contribution is -0.137. The molecular formula is C17H17F3N2O. The van der Waals surface area contributed by atoms with Gasteiger partial charge in [-0.1, -0.05) is 42.5 Å². The Morgan fingerprint density at radius 1 is 1.04 bits per heavy atom. The summed E-state index contributed by atoms with van der Waals surface area (Å²) in [5.74, 6) is 0. The van der Waals surface area contributed by atoms with Crippen molar-refractivity contribution in [2.24, 2.45) is 0 Å². The number of halogens is 3. The topological polar surface area (TPSA) is 41.1 Å². The summed E-state index contributed by atoms with van der Waals surface area (Å²) in [7, 11) is 0. The predicted octanol–water partition coefficient (Wildman–Crippen LogP) is 4.27. The van der Waals surface area contributed by atoms with Gasteiger partial charge in [-0.3, -0.25) is 0 Å². The Morgan fingerprint density at radius 3 is 2.22 bits per heavy atom. The summed E-state index contributed by atoms with van der Waals surface area (Å²) in [5, 5.41) is 5.40. The van der Waals surface area contributed by atoms with Crippen LogP contribution in [0.4, 0.5) is 18.0 Å². The first kappa shape index (κ1) is 16.9. The minimum Gasteiger partial charge on any atom is -0.334 e. The molecule has 0 saturated carbocycles. The van der Waals surface area contributed by atoms with E-state index in [1.165, 1.54) is 12.1 Å². The number of nitrogens with one attached hydrogen (secondary N) is 2. The van der Waals surface area contributed by atoms with E-state index in [-0.39, 0.29) is 18.6 Å². The van der Waals surface area contributed by atoms with Crippen LogP contribution in [0.5, 0.6) is 0 Å². The van der Waals surface area contributed by atoms with Gasteiger partial charge in [-0.2, -0.15) is 13.2 Å². The van der Waals surface area contributed by atoms with Gasteiger partial charge in [0.1, 0.15) is 0 Å². The maximum atomic E-state index is 12.5. The second-order valence-corrected chi connectivity index (χ2v) is 5.15. The molecule has 0 aromatic heterocycles. The molecular weight excluding hydrogens is 305 g/mol. The van der Waals surface area contributed by atoms with Crippen LogP contribution in [0.15, 0.2) is 54.6 Å². The third-order valence-corrected chi connectivity index (χ3v) is 3.38. The molecule has 0 heterocycles. The van der Waals surface area contributed by atoms with Gasteiger partial charge in [-0.05, 0) is 30.2 Å². The molecule has 0 aliphatic heterocycles. The molecule has 1 unspecified atom stereocenters. The molecule has 122 valence electrons. The number of benzene rings is 2. The number of amides is 2. The molecule has 1 atom stereocenters. The fourth-order valence-corrected chi connectivity index (χ4v) is 2.07. The molecule has 23 heavy (non-hydrogen) atoms. The number of hydrogen-bond acceptors (Lipinski definition) is 1. The lowest BCUT2D eigenvalue weighted by Crippen LogP contribution is -2.36. The van der Waals surface area contributed by atoms with Gasteiger partial charge in [0, 0.05) is 6.54 Å². The first-order valence-electron chi connectivity index (χ1n) is 7.11. The van der Waals surface area contributed by atoms with Crippen LogP contribution in [0, 0.1) is 0 Å². The first-order chi connectivity index (χ1) is 10.9. The Balaban J connectivity index is 1.85. The van der Waals surface area contributed by atoms with E-state index in [9.17, 15) is 18.0 Å². The van der Waals surface area contributed by atoms with E-state index in [4.69, 9.17) is 0 Å². The van der Waals surface area contributed by atoms with E-state index in [1.54, 1.807) is 0 Å². The highest BCUT2D eigenvalue weighted by atomic mass is 19.4. The summed E-state index contributed by atoms with van der Waals surface area (Å²) in [6.45, 7) is 2.01. The Labute approximate surface area is 132 Å². The predicted molar refractivity (Wildman–Crippen MR) is 81.7 cm³/mol. The van der Waals surface area contributed by atoms with Crippen molar-refractivity contribution in [3.05, 3.63) is 71.3 Å². The van der Waals surface area contributed by atoms with E-state index in [0.717, 1.165) is 17.7 Å². The van der Waals surface area contributed by atoms with E-state index in [0.29, 0.717) is 5.56 Å². The highest BCUT2D eigenvalue weighted by Gasteiger charge is 2.29. The molecule has 6 heteroatoms. The van der Waals surface area contributed by atoms with Gasteiger partial charge >= 0.3 is 12.2 Å². The first-order valence-corrected chi connectivity index (χ1v) is 7.11. The monoisotopic (exact) mass is 322 g/mol. The third kappa shape index (κ3) is 5.02. The zero-order valence-electron chi connectivity index (χ0n) is 12.5. The molecule has 0 radical (unpaired) electrons. The molecule has 0 spiro atoms. The number of rotatable bonds is 4. The molecule has 0 aliphatic rings. The van der Waals surface area contributed by atoms with Crippen LogP contribution in [0.3, 0.4) is 0 Å². The molecule has 0 fully saturated rings. The average Bonchev–Trinajstić information content (AvgIpc) is 2.53. The van der Waals surface area contributed by atoms with Crippen molar-refractivity contribution in [1.29, 1.82) is 0 Å². The van der Waals surface area contributed by atoms with Gasteiger partial charge in [-0.15, -0.1) is 0 Å². The lowest BCUT2D eigenvalue weighted by Gasteiger charge is -2.15. The number of urea groups is 1. The number of hydrogen-bond donors (Lipinski definition) is 2. The zero-order chi connectivity index (χ0) is 16.9. The third-order valence-electron chi connectivity index (χ3n) is 3.38. The Bertz CT molecular complexity index is 639. The SMILES string of the molecule is CC(NC(=O)NCc1ccc(C(F)(F)F)cc1)c1ccccc1. The van der Waals surface area contributed by atoms with Gasteiger partial charge < -0.3 is 10.6 Å². The van der Waals surface area contributed by atoms with Gasteiger partial charge in [0.15, 0.2) is 0 Å². The molecule has 2 aromatic rings. The van der Waals surface area contributed by atoms with Crippen molar-refractivity contribution < 1.29 is 18.0 Å². The zero-order valence-corrected chi connectivity index (χ0v) is 12.5. The molecule has 2 amide bonds. The van der Waals surface area contributed by atoms with Crippen LogP contribution in [0.1, 0.15) is 29.7 Å². The van der Waals surface area contributed by atoms with E-state index in [1.807, 2.05) is 37.3 Å². The lowest BCUT2D eigenvalue weighted by atomic mass is 10.1. The van der Waals surface area contributed by atoms with Gasteiger partial charge in [-0.25, -0.2) is 4.79 Å². The van der Waals surface area contributed by atoms with Crippen molar-refractivity contribution >= 4 is 6.03 Å². The molecule has 0 saturated heterocycles. The highest BCUT2D eigenvalue weighted by molar-refractivity contribution is 5.74.